The third-order valence-electron chi connectivity index (χ3n) is 6.85. The lowest BCUT2D eigenvalue weighted by atomic mass is 10.0. The van der Waals surface area contributed by atoms with E-state index in [9.17, 15) is 24.0 Å². The van der Waals surface area contributed by atoms with Gasteiger partial charge in [0.2, 0.25) is 5.78 Å². The van der Waals surface area contributed by atoms with Crippen LogP contribution >= 0.6 is 0 Å². The summed E-state index contributed by atoms with van der Waals surface area (Å²) < 4.78 is 21.4. The fourth-order valence-electron chi connectivity index (χ4n) is 4.02. The Bertz CT molecular complexity index is 2250. The van der Waals surface area contributed by atoms with Crippen molar-refractivity contribution in [3.05, 3.63) is 144 Å². The van der Waals surface area contributed by atoms with E-state index in [0.717, 1.165) is 18.1 Å². The number of ether oxygens (including phenoxy) is 4. The van der Waals surface area contributed by atoms with Crippen LogP contribution in [0.3, 0.4) is 0 Å². The molecule has 0 unspecified atom stereocenters. The number of rotatable bonds is 9. The first kappa shape index (κ1) is 37.6. The predicted molar refractivity (Wildman–Crippen MR) is 194 cm³/mol. The largest absolute Gasteiger partial charge is 0.423 e. The van der Waals surface area contributed by atoms with Gasteiger partial charge < -0.3 is 18.9 Å². The third kappa shape index (κ3) is 10.4. The fraction of sp³-hybridized carbons (Fsp3) is 0.0930. The van der Waals surface area contributed by atoms with Crippen LogP contribution in [0.15, 0.2) is 121 Å². The van der Waals surface area contributed by atoms with Gasteiger partial charge in [0, 0.05) is 46.9 Å². The number of hydrogen-bond acceptors (Lipinski definition) is 9. The standard InChI is InChI=1S/C43H32O9/c1-26(2)40(45)49-36-20-12-31(13-21-36)11-17-34-25-39(52-43(48)29(7)44)35(24-38(34)51-42(47)28(5)6)16-10-30-8-14-32(15-9-30)33-18-22-37(23-19-33)50-41(46)27(3)4/h8-9,12-15,18-25H,1,3,5H2,2,4,6-7H3. The van der Waals surface area contributed by atoms with Crippen LogP contribution in [0, 0.1) is 23.7 Å². The fourth-order valence-corrected chi connectivity index (χ4v) is 4.02. The van der Waals surface area contributed by atoms with E-state index in [2.05, 4.69) is 43.4 Å². The van der Waals surface area contributed by atoms with Gasteiger partial charge in [0.05, 0.1) is 11.1 Å². The van der Waals surface area contributed by atoms with E-state index >= 15 is 0 Å². The summed E-state index contributed by atoms with van der Waals surface area (Å²) in [5, 5.41) is 0. The first-order chi connectivity index (χ1) is 24.7. The lowest BCUT2D eigenvalue weighted by molar-refractivity contribution is -0.146. The van der Waals surface area contributed by atoms with Crippen molar-refractivity contribution in [2.24, 2.45) is 0 Å². The van der Waals surface area contributed by atoms with Gasteiger partial charge in [0.15, 0.2) is 0 Å². The SMILES string of the molecule is C=C(C)C(=O)Oc1ccc(C#Cc2cc(OC(=O)C(C)=O)c(C#Cc3ccc(-c4ccc(OC(=O)C(=C)C)cc4)cc3)cc2OC(=O)C(=C)C)cc1. The highest BCUT2D eigenvalue weighted by Gasteiger charge is 2.18. The molecule has 0 fully saturated rings. The lowest BCUT2D eigenvalue weighted by Crippen LogP contribution is -2.18. The Morgan fingerprint density at radius 3 is 1.15 bits per heavy atom. The van der Waals surface area contributed by atoms with Crippen LogP contribution in [0.4, 0.5) is 0 Å². The monoisotopic (exact) mass is 692 g/mol. The molecule has 0 aliphatic heterocycles. The van der Waals surface area contributed by atoms with Crippen molar-refractivity contribution in [2.45, 2.75) is 27.7 Å². The predicted octanol–water partition coefficient (Wildman–Crippen LogP) is 7.09. The number of carbonyl (C=O) groups is 5. The second-order valence-electron chi connectivity index (χ2n) is 11.4. The van der Waals surface area contributed by atoms with Crippen LogP contribution < -0.4 is 18.9 Å². The lowest BCUT2D eigenvalue weighted by Gasteiger charge is -2.11. The minimum Gasteiger partial charge on any atom is -0.423 e. The van der Waals surface area contributed by atoms with Crippen molar-refractivity contribution in [1.82, 2.24) is 0 Å². The minimum atomic E-state index is -1.13. The van der Waals surface area contributed by atoms with Gasteiger partial charge >= 0.3 is 23.9 Å². The summed E-state index contributed by atoms with van der Waals surface area (Å²) >= 11 is 0. The first-order valence-corrected chi connectivity index (χ1v) is 15.6. The summed E-state index contributed by atoms with van der Waals surface area (Å²) in [5.41, 5.74) is 3.81. The number of esters is 4. The quantitative estimate of drug-likeness (QED) is 0.0595. The molecular weight excluding hydrogens is 660 g/mol. The van der Waals surface area contributed by atoms with E-state index in [1.54, 1.807) is 55.5 Å². The Morgan fingerprint density at radius 2 is 0.769 bits per heavy atom. The summed E-state index contributed by atoms with van der Waals surface area (Å²) in [4.78, 5) is 60.4. The molecule has 0 amide bonds. The molecule has 4 aromatic carbocycles. The summed E-state index contributed by atoms with van der Waals surface area (Å²) in [6, 6.07) is 23.3. The molecule has 0 heterocycles. The third-order valence-corrected chi connectivity index (χ3v) is 6.85. The van der Waals surface area contributed by atoms with Gasteiger partial charge in [-0.3, -0.25) is 4.79 Å². The van der Waals surface area contributed by atoms with Gasteiger partial charge in [0.1, 0.15) is 23.0 Å². The smallest absolute Gasteiger partial charge is 0.379 e. The molecule has 0 aromatic heterocycles. The zero-order chi connectivity index (χ0) is 37.9. The highest BCUT2D eigenvalue weighted by atomic mass is 16.6. The van der Waals surface area contributed by atoms with Gasteiger partial charge in [-0.15, -0.1) is 0 Å². The molecule has 4 aromatic rings. The number of Topliss-reactive ketones (excluding diaryl/α,β-unsaturated/α-hetero) is 1. The summed E-state index contributed by atoms with van der Waals surface area (Å²) in [6.07, 6.45) is 0. The Labute approximate surface area is 301 Å². The average Bonchev–Trinajstić information content (AvgIpc) is 3.11. The van der Waals surface area contributed by atoms with Gasteiger partial charge in [-0.1, -0.05) is 67.7 Å². The molecule has 0 N–H and O–H groups in total. The van der Waals surface area contributed by atoms with E-state index in [-0.39, 0.29) is 33.8 Å². The molecule has 9 nitrogen and oxygen atoms in total. The van der Waals surface area contributed by atoms with Gasteiger partial charge in [-0.05, 0) is 80.4 Å². The van der Waals surface area contributed by atoms with Crippen molar-refractivity contribution < 1.29 is 42.9 Å². The maximum atomic E-state index is 12.6. The molecule has 9 heteroatoms. The molecule has 0 atom stereocenters. The Kier molecular flexibility index (Phi) is 12.2. The number of ketones is 1. The summed E-state index contributed by atoms with van der Waals surface area (Å²) in [5.74, 6) is 8.62. The second kappa shape index (κ2) is 16.9. The highest BCUT2D eigenvalue weighted by Crippen LogP contribution is 2.30. The highest BCUT2D eigenvalue weighted by molar-refractivity contribution is 6.33. The zero-order valence-corrected chi connectivity index (χ0v) is 28.9. The molecule has 0 saturated carbocycles. The van der Waals surface area contributed by atoms with Crippen molar-refractivity contribution >= 4 is 29.7 Å². The Balaban J connectivity index is 1.69. The van der Waals surface area contributed by atoms with E-state index in [0.29, 0.717) is 28.2 Å². The number of hydrogen-bond donors (Lipinski definition) is 0. The van der Waals surface area contributed by atoms with E-state index in [4.69, 9.17) is 18.9 Å². The topological polar surface area (TPSA) is 122 Å². The van der Waals surface area contributed by atoms with Gasteiger partial charge in [-0.25, -0.2) is 19.2 Å². The van der Waals surface area contributed by atoms with Crippen LogP contribution in [0.2, 0.25) is 0 Å². The van der Waals surface area contributed by atoms with Gasteiger partial charge in [0.25, 0.3) is 0 Å². The number of carbonyl (C=O) groups excluding carboxylic acids is 5. The average molecular weight is 693 g/mol. The molecule has 4 rings (SSSR count). The maximum absolute atomic E-state index is 12.6. The normalized spacial score (nSPS) is 9.85. The molecule has 0 saturated heterocycles. The van der Waals surface area contributed by atoms with Crippen LogP contribution in [0.5, 0.6) is 23.0 Å². The van der Waals surface area contributed by atoms with Crippen LogP contribution in [0.1, 0.15) is 49.9 Å². The Hall–Kier alpha value is -7.23. The van der Waals surface area contributed by atoms with Crippen molar-refractivity contribution in [2.75, 3.05) is 0 Å². The van der Waals surface area contributed by atoms with Crippen LogP contribution in [-0.4, -0.2) is 29.7 Å². The van der Waals surface area contributed by atoms with Crippen molar-refractivity contribution in [3.8, 4) is 57.8 Å². The number of benzene rings is 4. The molecule has 0 radical (unpaired) electrons. The summed E-state index contributed by atoms with van der Waals surface area (Å²) in [7, 11) is 0. The molecule has 258 valence electrons. The molecule has 52 heavy (non-hydrogen) atoms. The van der Waals surface area contributed by atoms with E-state index < -0.39 is 29.7 Å². The maximum Gasteiger partial charge on any atom is 0.379 e. The molecule has 0 bridgehead atoms. The Morgan fingerprint density at radius 1 is 0.442 bits per heavy atom. The first-order valence-electron chi connectivity index (χ1n) is 15.6. The van der Waals surface area contributed by atoms with Crippen LogP contribution in [-0.2, 0) is 24.0 Å². The van der Waals surface area contributed by atoms with Gasteiger partial charge in [-0.2, -0.15) is 0 Å². The molecule has 0 aliphatic rings. The second-order valence-corrected chi connectivity index (χ2v) is 11.4. The van der Waals surface area contributed by atoms with Crippen LogP contribution in [0.25, 0.3) is 11.1 Å². The molecular formula is C43H32O9. The summed E-state index contributed by atoms with van der Waals surface area (Å²) in [6.45, 7) is 16.4. The van der Waals surface area contributed by atoms with E-state index in [1.807, 2.05) is 24.3 Å². The zero-order valence-electron chi connectivity index (χ0n) is 28.9. The van der Waals surface area contributed by atoms with Crippen molar-refractivity contribution in [3.63, 3.8) is 0 Å². The van der Waals surface area contributed by atoms with Crippen molar-refractivity contribution in [1.29, 1.82) is 0 Å². The van der Waals surface area contributed by atoms with E-state index in [1.165, 1.54) is 26.0 Å². The minimum absolute atomic E-state index is 0.00663. The molecule has 0 spiro atoms. The molecule has 0 aliphatic carbocycles.